The smallest absolute Gasteiger partial charge is 0.409 e. The zero-order chi connectivity index (χ0) is 22.8. The maximum absolute atomic E-state index is 12.0. The fraction of sp³-hybridized carbons (Fsp3) is 0.750. The summed E-state index contributed by atoms with van der Waals surface area (Å²) in [6.45, 7) is 6.36. The first kappa shape index (κ1) is 24.4. The van der Waals surface area contributed by atoms with E-state index in [0.29, 0.717) is 25.7 Å². The summed E-state index contributed by atoms with van der Waals surface area (Å²) in [5, 5.41) is 7.15. The van der Waals surface area contributed by atoms with Crippen molar-refractivity contribution < 1.29 is 13.9 Å². The first-order valence-electron chi connectivity index (χ1n) is 12.1. The van der Waals surface area contributed by atoms with Gasteiger partial charge in [0.05, 0.1) is 12.9 Å². The fourth-order valence-electron chi connectivity index (χ4n) is 4.93. The van der Waals surface area contributed by atoms with Crippen LogP contribution >= 0.6 is 0 Å². The Morgan fingerprint density at radius 3 is 2.69 bits per heavy atom. The minimum Gasteiger partial charge on any atom is -0.469 e. The van der Waals surface area contributed by atoms with Crippen LogP contribution in [0.2, 0.25) is 0 Å². The Kier molecular flexibility index (Phi) is 9.26. The number of rotatable bonds is 9. The van der Waals surface area contributed by atoms with Gasteiger partial charge in [0.1, 0.15) is 5.76 Å². The van der Waals surface area contributed by atoms with E-state index in [-0.39, 0.29) is 11.5 Å². The molecule has 32 heavy (non-hydrogen) atoms. The maximum Gasteiger partial charge on any atom is 0.409 e. The summed E-state index contributed by atoms with van der Waals surface area (Å²) in [4.78, 5) is 21.1. The lowest BCUT2D eigenvalue weighted by Gasteiger charge is -2.33. The van der Waals surface area contributed by atoms with Crippen LogP contribution in [0.25, 0.3) is 0 Å². The lowest BCUT2D eigenvalue weighted by molar-refractivity contribution is 0.0963. The van der Waals surface area contributed by atoms with E-state index in [4.69, 9.17) is 14.1 Å². The molecule has 1 aliphatic carbocycles. The van der Waals surface area contributed by atoms with Crippen LogP contribution in [-0.4, -0.2) is 81.3 Å². The van der Waals surface area contributed by atoms with Crippen LogP contribution in [0, 0.1) is 5.41 Å². The lowest BCUT2D eigenvalue weighted by Crippen LogP contribution is -2.50. The standard InChI is InChI=1S/C24H41N5O3/c1-4-31-23(30)29-15-10-20(11-16-29)27-22(25-14-9-21-8-7-17-32-21)26-18-24(19-28(2)3)12-5-6-13-24/h7-8,17,20H,4-6,9-16,18-19H2,1-3H3,(H2,25,26,27). The molecular weight excluding hydrogens is 406 g/mol. The number of hydrogen-bond acceptors (Lipinski definition) is 5. The summed E-state index contributed by atoms with van der Waals surface area (Å²) < 4.78 is 10.6. The third-order valence-corrected chi connectivity index (χ3v) is 6.49. The molecule has 3 rings (SSSR count). The van der Waals surface area contributed by atoms with Crippen LogP contribution in [0.15, 0.2) is 27.8 Å². The molecule has 0 unspecified atom stereocenters. The molecule has 1 aromatic rings. The molecule has 0 bridgehead atoms. The minimum atomic E-state index is -0.205. The maximum atomic E-state index is 12.0. The van der Waals surface area contributed by atoms with Crippen molar-refractivity contribution >= 4 is 12.1 Å². The van der Waals surface area contributed by atoms with E-state index in [2.05, 4.69) is 29.6 Å². The summed E-state index contributed by atoms with van der Waals surface area (Å²) in [5.74, 6) is 1.84. The molecule has 2 heterocycles. The molecule has 2 fully saturated rings. The van der Waals surface area contributed by atoms with E-state index in [9.17, 15) is 4.79 Å². The number of furan rings is 1. The molecule has 0 aromatic carbocycles. The van der Waals surface area contributed by atoms with Crippen LogP contribution < -0.4 is 10.6 Å². The van der Waals surface area contributed by atoms with Crippen LogP contribution in [0.4, 0.5) is 4.79 Å². The first-order chi connectivity index (χ1) is 15.5. The molecule has 1 saturated carbocycles. The second-order valence-electron chi connectivity index (χ2n) is 9.47. The van der Waals surface area contributed by atoms with Crippen molar-refractivity contribution in [1.82, 2.24) is 20.4 Å². The van der Waals surface area contributed by atoms with E-state index < -0.39 is 0 Å². The van der Waals surface area contributed by atoms with Gasteiger partial charge in [0.2, 0.25) is 0 Å². The Labute approximate surface area is 192 Å². The van der Waals surface area contributed by atoms with Gasteiger partial charge in [-0.05, 0) is 58.8 Å². The first-order valence-corrected chi connectivity index (χ1v) is 12.1. The summed E-state index contributed by atoms with van der Waals surface area (Å²) in [5.41, 5.74) is 0.270. The molecule has 8 heteroatoms. The van der Waals surface area contributed by atoms with Crippen LogP contribution in [0.5, 0.6) is 0 Å². The van der Waals surface area contributed by atoms with Crippen LogP contribution in [0.3, 0.4) is 0 Å². The van der Waals surface area contributed by atoms with Crippen molar-refractivity contribution in [2.24, 2.45) is 10.4 Å². The van der Waals surface area contributed by atoms with Crippen molar-refractivity contribution in [2.45, 2.75) is 57.9 Å². The molecule has 8 nitrogen and oxygen atoms in total. The predicted molar refractivity (Wildman–Crippen MR) is 127 cm³/mol. The number of carbonyl (C=O) groups is 1. The Bertz CT molecular complexity index is 705. The zero-order valence-corrected chi connectivity index (χ0v) is 20.1. The van der Waals surface area contributed by atoms with Crippen LogP contribution in [-0.2, 0) is 11.2 Å². The SMILES string of the molecule is CCOC(=O)N1CCC(NC(=NCC2(CN(C)C)CCCC2)NCCc2ccco2)CC1. The number of nitrogens with zero attached hydrogens (tertiary/aromatic N) is 3. The van der Waals surface area contributed by atoms with Crippen molar-refractivity contribution in [3.63, 3.8) is 0 Å². The second-order valence-corrected chi connectivity index (χ2v) is 9.47. The van der Waals surface area contributed by atoms with E-state index in [1.807, 2.05) is 19.1 Å². The van der Waals surface area contributed by atoms with E-state index in [1.165, 1.54) is 25.7 Å². The largest absolute Gasteiger partial charge is 0.469 e. The van der Waals surface area contributed by atoms with Crippen molar-refractivity contribution in [3.8, 4) is 0 Å². The van der Waals surface area contributed by atoms with Gasteiger partial charge in [-0.1, -0.05) is 12.8 Å². The van der Waals surface area contributed by atoms with Gasteiger partial charge in [-0.2, -0.15) is 0 Å². The number of amides is 1. The molecule has 2 N–H and O–H groups in total. The number of guanidine groups is 1. The van der Waals surface area contributed by atoms with Crippen LogP contribution in [0.1, 0.15) is 51.2 Å². The molecule has 1 amide bonds. The Hall–Kier alpha value is -2.22. The fourth-order valence-corrected chi connectivity index (χ4v) is 4.93. The number of piperidine rings is 1. The lowest BCUT2D eigenvalue weighted by atomic mass is 9.86. The van der Waals surface area contributed by atoms with Gasteiger partial charge in [0.25, 0.3) is 0 Å². The summed E-state index contributed by atoms with van der Waals surface area (Å²) in [7, 11) is 4.31. The van der Waals surface area contributed by atoms with Gasteiger partial charge in [0.15, 0.2) is 5.96 Å². The third-order valence-electron chi connectivity index (χ3n) is 6.49. The molecule has 1 aromatic heterocycles. The molecule has 0 radical (unpaired) electrons. The number of carbonyl (C=O) groups excluding carboxylic acids is 1. The van der Waals surface area contributed by atoms with Gasteiger partial charge >= 0.3 is 6.09 Å². The van der Waals surface area contributed by atoms with Crippen molar-refractivity contribution in [3.05, 3.63) is 24.2 Å². The Morgan fingerprint density at radius 2 is 2.06 bits per heavy atom. The molecule has 1 saturated heterocycles. The topological polar surface area (TPSA) is 82.3 Å². The van der Waals surface area contributed by atoms with E-state index >= 15 is 0 Å². The average molecular weight is 448 g/mol. The molecule has 0 atom stereocenters. The summed E-state index contributed by atoms with van der Waals surface area (Å²) in [6.07, 6.45) is 9.18. The van der Waals surface area contributed by atoms with Crippen molar-refractivity contribution in [2.75, 3.05) is 53.4 Å². The molecule has 0 spiro atoms. The minimum absolute atomic E-state index is 0.205. The van der Waals surface area contributed by atoms with Gasteiger partial charge in [-0.25, -0.2) is 4.79 Å². The summed E-state index contributed by atoms with van der Waals surface area (Å²) in [6, 6.07) is 4.22. The highest BCUT2D eigenvalue weighted by molar-refractivity contribution is 5.80. The number of likely N-dealkylation sites (tertiary alicyclic amines) is 1. The quantitative estimate of drug-likeness (QED) is 0.447. The number of nitrogens with one attached hydrogen (secondary N) is 2. The number of ether oxygens (including phenoxy) is 1. The van der Waals surface area contributed by atoms with E-state index in [1.54, 1.807) is 11.2 Å². The van der Waals surface area contributed by atoms with Crippen molar-refractivity contribution in [1.29, 1.82) is 0 Å². The average Bonchev–Trinajstić information content (AvgIpc) is 3.45. The van der Waals surface area contributed by atoms with Gasteiger partial charge in [-0.15, -0.1) is 0 Å². The Balaban J connectivity index is 1.58. The monoisotopic (exact) mass is 447 g/mol. The third kappa shape index (κ3) is 7.43. The number of hydrogen-bond donors (Lipinski definition) is 2. The molecular formula is C24H41N5O3. The van der Waals surface area contributed by atoms with Gasteiger partial charge in [0, 0.05) is 50.6 Å². The molecule has 1 aliphatic heterocycles. The van der Waals surface area contributed by atoms with Gasteiger partial charge < -0.3 is 29.6 Å². The van der Waals surface area contributed by atoms with E-state index in [0.717, 1.165) is 50.6 Å². The zero-order valence-electron chi connectivity index (χ0n) is 20.1. The van der Waals surface area contributed by atoms with Gasteiger partial charge in [-0.3, -0.25) is 4.99 Å². The molecule has 180 valence electrons. The summed E-state index contributed by atoms with van der Waals surface area (Å²) >= 11 is 0. The highest BCUT2D eigenvalue weighted by atomic mass is 16.6. The normalized spacial score (nSPS) is 19.4. The molecule has 2 aliphatic rings. The second kappa shape index (κ2) is 12.1. The number of aliphatic imine (C=N–C) groups is 1. The predicted octanol–water partition coefficient (Wildman–Crippen LogP) is 3.10. The highest BCUT2D eigenvalue weighted by Crippen LogP contribution is 2.38. The Morgan fingerprint density at radius 1 is 1.31 bits per heavy atom. The highest BCUT2D eigenvalue weighted by Gasteiger charge is 2.34.